The second kappa shape index (κ2) is 8.33. The Morgan fingerprint density at radius 3 is 1.66 bits per heavy atom. The third kappa shape index (κ3) is 3.27. The van der Waals surface area contributed by atoms with Crippen molar-refractivity contribution in [3.63, 3.8) is 0 Å². The Morgan fingerprint density at radius 2 is 1.16 bits per heavy atom. The van der Waals surface area contributed by atoms with E-state index >= 15 is 0 Å². The number of benzene rings is 3. The van der Waals surface area contributed by atoms with E-state index in [1.807, 2.05) is 42.9 Å². The van der Waals surface area contributed by atoms with Crippen molar-refractivity contribution in [2.45, 2.75) is 5.54 Å². The maximum absolute atomic E-state index is 9.25. The highest BCUT2D eigenvalue weighted by Crippen LogP contribution is 2.41. The molecule has 0 N–H and O–H groups in total. The van der Waals surface area contributed by atoms with Gasteiger partial charge in [-0.3, -0.25) is 0 Å². The van der Waals surface area contributed by atoms with Crippen molar-refractivity contribution in [3.8, 4) is 17.5 Å². The fraction of sp³-hybridized carbons (Fsp3) is 0.0357. The van der Waals surface area contributed by atoms with Crippen LogP contribution in [0.5, 0.6) is 0 Å². The lowest BCUT2D eigenvalue weighted by atomic mass is 9.77. The Kier molecular flexibility index (Phi) is 5.07. The largest absolute Gasteiger partial charge is 0.318 e. The molecular formula is C28H20N4. The molecule has 5 rings (SSSR count). The Bertz CT molecular complexity index is 1270. The molecule has 5 aromatic rings. The molecule has 0 radical (unpaired) electrons. The lowest BCUT2D eigenvalue weighted by molar-refractivity contribution is 0.515. The van der Waals surface area contributed by atoms with E-state index in [-0.39, 0.29) is 0 Å². The summed E-state index contributed by atoms with van der Waals surface area (Å²) in [7, 11) is 0. The Morgan fingerprint density at radius 1 is 0.625 bits per heavy atom. The molecule has 0 bridgehead atoms. The fourth-order valence-corrected chi connectivity index (χ4v) is 4.26. The minimum absolute atomic E-state index is 0.373. The zero-order valence-electron chi connectivity index (χ0n) is 17.3. The van der Waals surface area contributed by atoms with E-state index < -0.39 is 5.54 Å². The van der Waals surface area contributed by atoms with Gasteiger partial charge < -0.3 is 4.57 Å². The smallest absolute Gasteiger partial charge is 0.141 e. The van der Waals surface area contributed by atoms with Crippen LogP contribution in [0.25, 0.3) is 11.4 Å². The summed E-state index contributed by atoms with van der Waals surface area (Å²) in [5, 5.41) is 9.25. The highest BCUT2D eigenvalue weighted by Gasteiger charge is 2.38. The van der Waals surface area contributed by atoms with Gasteiger partial charge in [-0.2, -0.15) is 5.26 Å². The van der Waals surface area contributed by atoms with Crippen LogP contribution in [0.2, 0.25) is 0 Å². The minimum atomic E-state index is -0.623. The van der Waals surface area contributed by atoms with Gasteiger partial charge in [-0.05, 0) is 28.8 Å². The standard InChI is InChI=1S/C28H20N4/c29-19-25-17-10-18-26(31-25)27-20-32(21-30-27)28(22-11-4-1-5-12-22,23-13-6-2-7-14-23)24-15-8-3-9-16-24/h1-18,20-21H. The normalized spacial score (nSPS) is 11.1. The van der Waals surface area contributed by atoms with Gasteiger partial charge in [0.15, 0.2) is 0 Å². The van der Waals surface area contributed by atoms with Crippen LogP contribution >= 0.6 is 0 Å². The number of hydrogen-bond donors (Lipinski definition) is 0. The van der Waals surface area contributed by atoms with E-state index in [1.165, 1.54) is 0 Å². The molecular weight excluding hydrogens is 392 g/mol. The molecule has 4 nitrogen and oxygen atoms in total. The lowest BCUT2D eigenvalue weighted by Gasteiger charge is -2.37. The Hall–Kier alpha value is -4.49. The zero-order chi connectivity index (χ0) is 21.8. The quantitative estimate of drug-likeness (QED) is 0.350. The van der Waals surface area contributed by atoms with Gasteiger partial charge in [-0.25, -0.2) is 9.97 Å². The first-order valence-electron chi connectivity index (χ1n) is 10.4. The van der Waals surface area contributed by atoms with Crippen LogP contribution in [0.4, 0.5) is 0 Å². The van der Waals surface area contributed by atoms with E-state index in [4.69, 9.17) is 4.98 Å². The monoisotopic (exact) mass is 412 g/mol. The molecule has 152 valence electrons. The van der Waals surface area contributed by atoms with Gasteiger partial charge in [0, 0.05) is 6.20 Å². The van der Waals surface area contributed by atoms with E-state index in [2.05, 4.69) is 88.4 Å². The molecule has 0 unspecified atom stereocenters. The summed E-state index contributed by atoms with van der Waals surface area (Å²) in [6, 6.07) is 38.8. The van der Waals surface area contributed by atoms with Gasteiger partial charge in [0.1, 0.15) is 23.0 Å². The molecule has 0 aliphatic rings. The Balaban J connectivity index is 1.80. The van der Waals surface area contributed by atoms with E-state index in [9.17, 15) is 5.26 Å². The first kappa shape index (κ1) is 19.5. The number of pyridine rings is 1. The lowest BCUT2D eigenvalue weighted by Crippen LogP contribution is -2.36. The predicted octanol–water partition coefficient (Wildman–Crippen LogP) is 5.66. The van der Waals surface area contributed by atoms with Crippen molar-refractivity contribution in [3.05, 3.63) is 144 Å². The topological polar surface area (TPSA) is 54.5 Å². The van der Waals surface area contributed by atoms with Crippen molar-refractivity contribution < 1.29 is 0 Å². The van der Waals surface area contributed by atoms with Crippen LogP contribution in [-0.2, 0) is 5.54 Å². The van der Waals surface area contributed by atoms with Crippen molar-refractivity contribution in [2.24, 2.45) is 0 Å². The highest BCUT2D eigenvalue weighted by molar-refractivity contribution is 5.56. The van der Waals surface area contributed by atoms with Gasteiger partial charge in [0.25, 0.3) is 0 Å². The molecule has 0 atom stereocenters. The molecule has 0 amide bonds. The zero-order valence-corrected chi connectivity index (χ0v) is 17.3. The average Bonchev–Trinajstić information content (AvgIpc) is 3.37. The van der Waals surface area contributed by atoms with Crippen LogP contribution in [0.3, 0.4) is 0 Å². The van der Waals surface area contributed by atoms with Crippen LogP contribution < -0.4 is 0 Å². The van der Waals surface area contributed by atoms with Crippen LogP contribution in [-0.4, -0.2) is 14.5 Å². The fourth-order valence-electron chi connectivity index (χ4n) is 4.26. The van der Waals surface area contributed by atoms with Gasteiger partial charge in [-0.1, -0.05) is 97.1 Å². The molecule has 2 heterocycles. The molecule has 0 aliphatic heterocycles. The number of nitriles is 1. The number of rotatable bonds is 5. The maximum Gasteiger partial charge on any atom is 0.141 e. The summed E-state index contributed by atoms with van der Waals surface area (Å²) >= 11 is 0. The van der Waals surface area contributed by atoms with Crippen molar-refractivity contribution >= 4 is 0 Å². The minimum Gasteiger partial charge on any atom is -0.318 e. The third-order valence-corrected chi connectivity index (χ3v) is 5.67. The van der Waals surface area contributed by atoms with Gasteiger partial charge in [0.2, 0.25) is 0 Å². The Labute approximate surface area is 187 Å². The predicted molar refractivity (Wildman–Crippen MR) is 125 cm³/mol. The summed E-state index contributed by atoms with van der Waals surface area (Å²) in [6.07, 6.45) is 3.86. The molecule has 0 fully saturated rings. The summed E-state index contributed by atoms with van der Waals surface area (Å²) in [5.41, 5.74) is 4.51. The number of hydrogen-bond acceptors (Lipinski definition) is 3. The summed E-state index contributed by atoms with van der Waals surface area (Å²) < 4.78 is 2.14. The van der Waals surface area contributed by atoms with E-state index in [1.54, 1.807) is 6.07 Å². The molecule has 32 heavy (non-hydrogen) atoms. The van der Waals surface area contributed by atoms with E-state index in [0.29, 0.717) is 17.1 Å². The number of aromatic nitrogens is 3. The van der Waals surface area contributed by atoms with Gasteiger partial charge >= 0.3 is 0 Å². The summed E-state index contributed by atoms with van der Waals surface area (Å²) in [5.74, 6) is 0. The van der Waals surface area contributed by atoms with Crippen molar-refractivity contribution in [2.75, 3.05) is 0 Å². The molecule has 0 spiro atoms. The molecule has 0 saturated carbocycles. The second-order valence-electron chi connectivity index (χ2n) is 7.49. The average molecular weight is 412 g/mol. The number of nitrogens with zero attached hydrogens (tertiary/aromatic N) is 4. The van der Waals surface area contributed by atoms with Crippen LogP contribution in [0, 0.1) is 11.3 Å². The number of imidazole rings is 1. The van der Waals surface area contributed by atoms with Crippen LogP contribution in [0.1, 0.15) is 22.4 Å². The first-order chi connectivity index (χ1) is 15.8. The van der Waals surface area contributed by atoms with E-state index in [0.717, 1.165) is 16.7 Å². The molecule has 3 aromatic carbocycles. The molecule has 4 heteroatoms. The SMILES string of the molecule is N#Cc1cccc(-c2cn(C(c3ccccc3)(c3ccccc3)c3ccccc3)cn2)n1. The van der Waals surface area contributed by atoms with Crippen molar-refractivity contribution in [1.29, 1.82) is 5.26 Å². The molecule has 2 aromatic heterocycles. The third-order valence-electron chi connectivity index (χ3n) is 5.67. The van der Waals surface area contributed by atoms with Crippen molar-refractivity contribution in [1.82, 2.24) is 14.5 Å². The maximum atomic E-state index is 9.25. The molecule has 0 aliphatic carbocycles. The summed E-state index contributed by atoms with van der Waals surface area (Å²) in [6.45, 7) is 0. The van der Waals surface area contributed by atoms with Gasteiger partial charge in [0.05, 0.1) is 12.0 Å². The van der Waals surface area contributed by atoms with Crippen LogP contribution in [0.15, 0.2) is 122 Å². The highest BCUT2D eigenvalue weighted by atomic mass is 15.1. The molecule has 0 saturated heterocycles. The second-order valence-corrected chi connectivity index (χ2v) is 7.49. The van der Waals surface area contributed by atoms with Gasteiger partial charge in [-0.15, -0.1) is 0 Å². The summed E-state index contributed by atoms with van der Waals surface area (Å²) in [4.78, 5) is 9.13. The first-order valence-corrected chi connectivity index (χ1v) is 10.4.